The molecule has 4 rings (SSSR count). The molecule has 0 saturated heterocycles. The molecule has 5 nitrogen and oxygen atoms in total. The van der Waals surface area contributed by atoms with Crippen LogP contribution in [0.5, 0.6) is 0 Å². The minimum absolute atomic E-state index is 0.0588. The second-order valence-corrected chi connectivity index (χ2v) is 9.15. The summed E-state index contributed by atoms with van der Waals surface area (Å²) in [5.74, 6) is 0.524. The summed E-state index contributed by atoms with van der Waals surface area (Å²) in [6, 6.07) is 7.75. The van der Waals surface area contributed by atoms with Crippen LogP contribution in [0.2, 0.25) is 0 Å². The summed E-state index contributed by atoms with van der Waals surface area (Å²) >= 11 is 5.15. The van der Waals surface area contributed by atoms with Gasteiger partial charge in [0.05, 0.1) is 11.4 Å². The van der Waals surface area contributed by atoms with Gasteiger partial charge in [-0.15, -0.1) is 11.3 Å². The molecule has 0 fully saturated rings. The number of hydrogen-bond donors (Lipinski definition) is 2. The van der Waals surface area contributed by atoms with E-state index in [0.29, 0.717) is 12.2 Å². The summed E-state index contributed by atoms with van der Waals surface area (Å²) in [6.07, 6.45) is 5.03. The fourth-order valence-electron chi connectivity index (χ4n) is 3.78. The molecule has 1 aliphatic carbocycles. The molecule has 146 valence electrons. The quantitative estimate of drug-likeness (QED) is 0.592. The van der Waals surface area contributed by atoms with E-state index >= 15 is 0 Å². The number of carbonyl (C=O) groups is 1. The third-order valence-corrected chi connectivity index (χ3v) is 7.12. The maximum atomic E-state index is 12.6. The maximum Gasteiger partial charge on any atom is 0.259 e. The number of aryl methyl sites for hydroxylation is 3. The zero-order chi connectivity index (χ0) is 19.7. The Labute approximate surface area is 175 Å². The lowest BCUT2D eigenvalue weighted by molar-refractivity contribution is -0.121. The van der Waals surface area contributed by atoms with Crippen molar-refractivity contribution in [2.45, 2.75) is 51.5 Å². The third-order valence-electron chi connectivity index (χ3n) is 5.21. The summed E-state index contributed by atoms with van der Waals surface area (Å²) < 4.78 is 0.973. The van der Waals surface area contributed by atoms with E-state index in [1.165, 1.54) is 16.9 Å². The first-order chi connectivity index (χ1) is 13.5. The van der Waals surface area contributed by atoms with Crippen LogP contribution in [0.1, 0.15) is 54.1 Å². The predicted octanol–water partition coefficient (Wildman–Crippen LogP) is 4.44. The van der Waals surface area contributed by atoms with Crippen molar-refractivity contribution in [2.24, 2.45) is 0 Å². The van der Waals surface area contributed by atoms with Crippen LogP contribution in [-0.2, 0) is 24.1 Å². The number of nitrogens with zero attached hydrogens (tertiary/aromatic N) is 1. The number of H-pyrrole nitrogens is 1. The van der Waals surface area contributed by atoms with E-state index in [9.17, 15) is 9.59 Å². The molecule has 0 unspecified atom stereocenters. The van der Waals surface area contributed by atoms with Crippen LogP contribution in [0.25, 0.3) is 10.2 Å². The van der Waals surface area contributed by atoms with Gasteiger partial charge in [-0.2, -0.15) is 0 Å². The van der Waals surface area contributed by atoms with Gasteiger partial charge >= 0.3 is 0 Å². The second-order valence-electron chi connectivity index (χ2n) is 7.21. The summed E-state index contributed by atoms with van der Waals surface area (Å²) in [5.41, 5.74) is 2.15. The zero-order valence-electron chi connectivity index (χ0n) is 15.7. The molecule has 3 aromatic rings. The zero-order valence-corrected chi connectivity index (χ0v) is 18.1. The van der Waals surface area contributed by atoms with Gasteiger partial charge < -0.3 is 10.3 Å². The summed E-state index contributed by atoms with van der Waals surface area (Å²) in [7, 11) is 0. The Morgan fingerprint density at radius 3 is 2.93 bits per heavy atom. The van der Waals surface area contributed by atoms with Crippen molar-refractivity contribution in [1.29, 1.82) is 0 Å². The SMILES string of the molecule is C[C@H](NC(=O)CCc1nc2sc3c(c2c(=O)[nH]1)CCCC3)c1ccccc1Br. The fourth-order valence-corrected chi connectivity index (χ4v) is 5.69. The minimum Gasteiger partial charge on any atom is -0.350 e. The lowest BCUT2D eigenvalue weighted by atomic mass is 9.97. The number of thiophene rings is 1. The fraction of sp³-hybridized carbons (Fsp3) is 0.381. The predicted molar refractivity (Wildman–Crippen MR) is 116 cm³/mol. The second kappa shape index (κ2) is 8.17. The number of halogens is 1. The Balaban J connectivity index is 1.44. The van der Waals surface area contributed by atoms with E-state index in [1.54, 1.807) is 11.3 Å². The van der Waals surface area contributed by atoms with Gasteiger partial charge in [-0.25, -0.2) is 4.98 Å². The van der Waals surface area contributed by atoms with Gasteiger partial charge in [-0.1, -0.05) is 34.1 Å². The molecule has 1 atom stereocenters. The van der Waals surface area contributed by atoms with Gasteiger partial charge in [0.15, 0.2) is 0 Å². The molecule has 28 heavy (non-hydrogen) atoms. The molecule has 1 amide bonds. The number of aromatic nitrogens is 2. The van der Waals surface area contributed by atoms with Crippen molar-refractivity contribution in [3.63, 3.8) is 0 Å². The highest BCUT2D eigenvalue weighted by Gasteiger charge is 2.20. The summed E-state index contributed by atoms with van der Waals surface area (Å²) in [6.45, 7) is 1.96. The first-order valence-electron chi connectivity index (χ1n) is 9.60. The van der Waals surface area contributed by atoms with Crippen LogP contribution in [-0.4, -0.2) is 15.9 Å². The smallest absolute Gasteiger partial charge is 0.259 e. The van der Waals surface area contributed by atoms with E-state index in [0.717, 1.165) is 39.5 Å². The number of fused-ring (bicyclic) bond motifs is 3. The van der Waals surface area contributed by atoms with Gasteiger partial charge in [0, 0.05) is 22.2 Å². The normalized spacial score (nSPS) is 14.6. The molecule has 7 heteroatoms. The molecule has 1 aliphatic rings. The van der Waals surface area contributed by atoms with Gasteiger partial charge in [-0.05, 0) is 49.8 Å². The van der Waals surface area contributed by atoms with Crippen molar-refractivity contribution < 1.29 is 4.79 Å². The van der Waals surface area contributed by atoms with E-state index < -0.39 is 0 Å². The molecule has 0 aliphatic heterocycles. The van der Waals surface area contributed by atoms with Crippen LogP contribution in [0.15, 0.2) is 33.5 Å². The van der Waals surface area contributed by atoms with E-state index in [4.69, 9.17) is 0 Å². The Hall–Kier alpha value is -1.99. The topological polar surface area (TPSA) is 74.8 Å². The van der Waals surface area contributed by atoms with Crippen molar-refractivity contribution in [2.75, 3.05) is 0 Å². The van der Waals surface area contributed by atoms with E-state index in [1.807, 2.05) is 31.2 Å². The Bertz CT molecular complexity index is 1090. The van der Waals surface area contributed by atoms with Crippen LogP contribution in [0.4, 0.5) is 0 Å². The Kier molecular flexibility index (Phi) is 5.64. The third kappa shape index (κ3) is 3.91. The number of nitrogens with one attached hydrogen (secondary N) is 2. The van der Waals surface area contributed by atoms with Crippen molar-refractivity contribution >= 4 is 43.4 Å². The number of hydrogen-bond acceptors (Lipinski definition) is 4. The molecule has 0 saturated carbocycles. The average molecular weight is 460 g/mol. The van der Waals surface area contributed by atoms with E-state index in [-0.39, 0.29) is 23.9 Å². The molecule has 1 aromatic carbocycles. The Morgan fingerprint density at radius 2 is 2.11 bits per heavy atom. The van der Waals surface area contributed by atoms with E-state index in [2.05, 4.69) is 31.2 Å². The van der Waals surface area contributed by atoms with Crippen molar-refractivity contribution in [3.05, 3.63) is 60.9 Å². The number of carbonyl (C=O) groups excluding carboxylic acids is 1. The summed E-state index contributed by atoms with van der Waals surface area (Å²) in [4.78, 5) is 34.6. The first-order valence-corrected chi connectivity index (χ1v) is 11.2. The number of aromatic amines is 1. The highest BCUT2D eigenvalue weighted by molar-refractivity contribution is 9.10. The van der Waals surface area contributed by atoms with Crippen LogP contribution < -0.4 is 10.9 Å². The molecular weight excluding hydrogens is 438 g/mol. The molecule has 0 spiro atoms. The molecular formula is C21H22BrN3O2S. The van der Waals surface area contributed by atoms with Gasteiger partial charge in [-0.3, -0.25) is 9.59 Å². The first kappa shape index (κ1) is 19.3. The molecule has 0 radical (unpaired) electrons. The molecule has 2 heterocycles. The van der Waals surface area contributed by atoms with Gasteiger partial charge in [0.25, 0.3) is 5.56 Å². The van der Waals surface area contributed by atoms with Crippen molar-refractivity contribution in [1.82, 2.24) is 15.3 Å². The highest BCUT2D eigenvalue weighted by atomic mass is 79.9. The standard InChI is InChI=1S/C21H22BrN3O2S/c1-12(13-6-2-4-8-15(13)22)23-18(26)11-10-17-24-20(27)19-14-7-3-5-9-16(14)28-21(19)25-17/h2,4,6,8,12H,3,5,7,9-11H2,1H3,(H,23,26)(H,24,25,27)/t12-/m0/s1. The molecule has 0 bridgehead atoms. The Morgan fingerprint density at radius 1 is 1.32 bits per heavy atom. The van der Waals surface area contributed by atoms with Crippen LogP contribution in [0, 0.1) is 0 Å². The highest BCUT2D eigenvalue weighted by Crippen LogP contribution is 2.33. The number of benzene rings is 1. The van der Waals surface area contributed by atoms with Gasteiger partial charge in [0.2, 0.25) is 5.91 Å². The maximum absolute atomic E-state index is 12.6. The summed E-state index contributed by atoms with van der Waals surface area (Å²) in [5, 5.41) is 3.77. The molecule has 2 N–H and O–H groups in total. The lowest BCUT2D eigenvalue weighted by Gasteiger charge is -2.15. The van der Waals surface area contributed by atoms with Gasteiger partial charge in [0.1, 0.15) is 10.7 Å². The average Bonchev–Trinajstić information content (AvgIpc) is 3.05. The van der Waals surface area contributed by atoms with Crippen molar-refractivity contribution in [3.8, 4) is 0 Å². The number of amides is 1. The minimum atomic E-state index is -0.0958. The number of rotatable bonds is 5. The monoisotopic (exact) mass is 459 g/mol. The largest absolute Gasteiger partial charge is 0.350 e. The lowest BCUT2D eigenvalue weighted by Crippen LogP contribution is -2.27. The molecule has 2 aromatic heterocycles. The van der Waals surface area contributed by atoms with Crippen LogP contribution in [0.3, 0.4) is 0 Å². The van der Waals surface area contributed by atoms with Crippen LogP contribution >= 0.6 is 27.3 Å².